The maximum atomic E-state index is 9.89. The van der Waals surface area contributed by atoms with Crippen LogP contribution in [-0.2, 0) is 0 Å². The van der Waals surface area contributed by atoms with Crippen LogP contribution >= 0.6 is 0 Å². The first-order valence-electron chi connectivity index (χ1n) is 5.48. The van der Waals surface area contributed by atoms with Gasteiger partial charge in [-0.25, -0.2) is 9.50 Å². The summed E-state index contributed by atoms with van der Waals surface area (Å²) in [5, 5.41) is 14.0. The van der Waals surface area contributed by atoms with Gasteiger partial charge in [0.1, 0.15) is 6.33 Å². The molecule has 2 heterocycles. The SMILES string of the molecule is CCC(O)C(C)c1cc(C)nc2ncnn12. The molecule has 2 atom stereocenters. The van der Waals surface area contributed by atoms with E-state index < -0.39 is 0 Å². The van der Waals surface area contributed by atoms with Crippen molar-refractivity contribution in [3.8, 4) is 0 Å². The molecule has 86 valence electrons. The second-order valence-corrected chi connectivity index (χ2v) is 4.06. The van der Waals surface area contributed by atoms with Gasteiger partial charge in [-0.3, -0.25) is 0 Å². The third kappa shape index (κ3) is 1.78. The molecule has 0 fully saturated rings. The summed E-state index contributed by atoms with van der Waals surface area (Å²) in [4.78, 5) is 8.34. The molecule has 0 aliphatic carbocycles. The molecule has 0 spiro atoms. The van der Waals surface area contributed by atoms with Crippen LogP contribution in [0.1, 0.15) is 37.6 Å². The van der Waals surface area contributed by atoms with Gasteiger partial charge in [-0.1, -0.05) is 13.8 Å². The fourth-order valence-electron chi connectivity index (χ4n) is 1.83. The molecule has 16 heavy (non-hydrogen) atoms. The lowest BCUT2D eigenvalue weighted by atomic mass is 9.98. The normalized spacial score (nSPS) is 15.2. The molecule has 0 aliphatic heterocycles. The van der Waals surface area contributed by atoms with Crippen molar-refractivity contribution in [1.29, 1.82) is 0 Å². The number of aromatic nitrogens is 4. The lowest BCUT2D eigenvalue weighted by molar-refractivity contribution is 0.142. The van der Waals surface area contributed by atoms with Crippen LogP contribution in [0.3, 0.4) is 0 Å². The van der Waals surface area contributed by atoms with E-state index in [1.54, 1.807) is 4.52 Å². The molecule has 0 radical (unpaired) electrons. The standard InChI is InChI=1S/C11H16N4O/c1-4-10(16)8(3)9-5-7(2)14-11-12-6-13-15(9)11/h5-6,8,10,16H,4H2,1-3H3. The van der Waals surface area contributed by atoms with Gasteiger partial charge in [0.2, 0.25) is 0 Å². The van der Waals surface area contributed by atoms with Gasteiger partial charge in [0.25, 0.3) is 5.78 Å². The summed E-state index contributed by atoms with van der Waals surface area (Å²) in [7, 11) is 0. The Morgan fingerprint density at radius 3 is 2.94 bits per heavy atom. The topological polar surface area (TPSA) is 63.3 Å². The Hall–Kier alpha value is -1.49. The monoisotopic (exact) mass is 220 g/mol. The van der Waals surface area contributed by atoms with Gasteiger partial charge in [-0.05, 0) is 19.4 Å². The number of hydrogen-bond donors (Lipinski definition) is 1. The Kier molecular flexibility index (Phi) is 2.87. The first-order valence-corrected chi connectivity index (χ1v) is 5.48. The van der Waals surface area contributed by atoms with E-state index in [0.717, 1.165) is 17.8 Å². The highest BCUT2D eigenvalue weighted by Gasteiger charge is 2.18. The zero-order chi connectivity index (χ0) is 11.7. The lowest BCUT2D eigenvalue weighted by Gasteiger charge is -2.18. The van der Waals surface area contributed by atoms with E-state index in [-0.39, 0.29) is 12.0 Å². The van der Waals surface area contributed by atoms with E-state index in [4.69, 9.17) is 0 Å². The Balaban J connectivity index is 2.53. The maximum Gasteiger partial charge on any atom is 0.252 e. The zero-order valence-electron chi connectivity index (χ0n) is 9.75. The Labute approximate surface area is 94.2 Å². The van der Waals surface area contributed by atoms with Gasteiger partial charge in [-0.15, -0.1) is 0 Å². The van der Waals surface area contributed by atoms with Crippen LogP contribution in [0.5, 0.6) is 0 Å². The van der Waals surface area contributed by atoms with Crippen molar-refractivity contribution in [3.05, 3.63) is 23.8 Å². The Bertz CT molecular complexity index is 494. The van der Waals surface area contributed by atoms with Crippen LogP contribution in [0.2, 0.25) is 0 Å². The summed E-state index contributed by atoms with van der Waals surface area (Å²) in [6, 6.07) is 1.95. The van der Waals surface area contributed by atoms with E-state index in [1.165, 1.54) is 6.33 Å². The third-order valence-corrected chi connectivity index (χ3v) is 2.87. The molecule has 2 unspecified atom stereocenters. The molecule has 0 aliphatic rings. The number of aliphatic hydroxyl groups excluding tert-OH is 1. The summed E-state index contributed by atoms with van der Waals surface area (Å²) in [6.07, 6.45) is 1.84. The molecular formula is C11H16N4O. The van der Waals surface area contributed by atoms with Crippen LogP contribution in [0.15, 0.2) is 12.4 Å². The fourth-order valence-corrected chi connectivity index (χ4v) is 1.83. The highest BCUT2D eigenvalue weighted by Crippen LogP contribution is 2.21. The van der Waals surface area contributed by atoms with Crippen molar-refractivity contribution in [1.82, 2.24) is 19.6 Å². The van der Waals surface area contributed by atoms with Crippen molar-refractivity contribution in [2.24, 2.45) is 0 Å². The predicted molar refractivity (Wildman–Crippen MR) is 60.2 cm³/mol. The summed E-state index contributed by atoms with van der Waals surface area (Å²) in [5.41, 5.74) is 1.85. The van der Waals surface area contributed by atoms with Gasteiger partial charge in [0, 0.05) is 11.6 Å². The number of rotatable bonds is 3. The number of hydrogen-bond acceptors (Lipinski definition) is 4. The van der Waals surface area contributed by atoms with Gasteiger partial charge in [0.05, 0.1) is 11.8 Å². The van der Waals surface area contributed by atoms with Gasteiger partial charge < -0.3 is 5.11 Å². The number of aliphatic hydroxyl groups is 1. The van der Waals surface area contributed by atoms with Crippen molar-refractivity contribution in [2.75, 3.05) is 0 Å². The average Bonchev–Trinajstić information content (AvgIpc) is 2.73. The second-order valence-electron chi connectivity index (χ2n) is 4.06. The van der Waals surface area contributed by atoms with Crippen LogP contribution in [0.25, 0.3) is 5.78 Å². The second kappa shape index (κ2) is 4.17. The Morgan fingerprint density at radius 2 is 2.25 bits per heavy atom. The van der Waals surface area contributed by atoms with Gasteiger partial charge in [0.15, 0.2) is 0 Å². The van der Waals surface area contributed by atoms with Gasteiger partial charge in [-0.2, -0.15) is 10.1 Å². The van der Waals surface area contributed by atoms with E-state index in [0.29, 0.717) is 5.78 Å². The van der Waals surface area contributed by atoms with Crippen LogP contribution < -0.4 is 0 Å². The number of fused-ring (bicyclic) bond motifs is 1. The van der Waals surface area contributed by atoms with Crippen molar-refractivity contribution >= 4 is 5.78 Å². The zero-order valence-corrected chi connectivity index (χ0v) is 9.75. The molecular weight excluding hydrogens is 204 g/mol. The molecule has 5 heteroatoms. The van der Waals surface area contributed by atoms with Crippen molar-refractivity contribution in [2.45, 2.75) is 39.2 Å². The molecule has 2 aromatic rings. The third-order valence-electron chi connectivity index (χ3n) is 2.87. The maximum absolute atomic E-state index is 9.89. The molecule has 5 nitrogen and oxygen atoms in total. The largest absolute Gasteiger partial charge is 0.392 e. The quantitative estimate of drug-likeness (QED) is 0.847. The Morgan fingerprint density at radius 1 is 1.50 bits per heavy atom. The molecule has 0 amide bonds. The molecule has 2 rings (SSSR count). The molecule has 0 aromatic carbocycles. The summed E-state index contributed by atoms with van der Waals surface area (Å²) < 4.78 is 1.69. The minimum Gasteiger partial charge on any atom is -0.392 e. The van der Waals surface area contributed by atoms with Crippen LogP contribution in [-0.4, -0.2) is 30.8 Å². The summed E-state index contributed by atoms with van der Waals surface area (Å²) in [5.74, 6) is 0.612. The molecule has 0 saturated heterocycles. The lowest BCUT2D eigenvalue weighted by Crippen LogP contribution is -2.18. The van der Waals surface area contributed by atoms with E-state index >= 15 is 0 Å². The molecule has 0 bridgehead atoms. The van der Waals surface area contributed by atoms with Crippen LogP contribution in [0, 0.1) is 6.92 Å². The van der Waals surface area contributed by atoms with Crippen molar-refractivity contribution in [3.63, 3.8) is 0 Å². The predicted octanol–water partition coefficient (Wildman–Crippen LogP) is 1.31. The van der Waals surface area contributed by atoms with E-state index in [9.17, 15) is 5.11 Å². The van der Waals surface area contributed by atoms with Gasteiger partial charge >= 0.3 is 0 Å². The van der Waals surface area contributed by atoms with Crippen LogP contribution in [0.4, 0.5) is 0 Å². The van der Waals surface area contributed by atoms with Crippen molar-refractivity contribution < 1.29 is 5.11 Å². The molecule has 1 N–H and O–H groups in total. The summed E-state index contributed by atoms with van der Waals surface area (Å²) >= 11 is 0. The number of nitrogens with zero attached hydrogens (tertiary/aromatic N) is 4. The minimum atomic E-state index is -0.366. The van der Waals surface area contributed by atoms with E-state index in [2.05, 4.69) is 15.1 Å². The van der Waals surface area contributed by atoms with E-state index in [1.807, 2.05) is 26.8 Å². The smallest absolute Gasteiger partial charge is 0.252 e. The fraction of sp³-hybridized carbons (Fsp3) is 0.545. The first kappa shape index (κ1) is 11.0. The number of aryl methyl sites for hydroxylation is 1. The first-order chi connectivity index (χ1) is 7.63. The molecule has 2 aromatic heterocycles. The average molecular weight is 220 g/mol. The summed E-state index contributed by atoms with van der Waals surface area (Å²) in [6.45, 7) is 5.88. The highest BCUT2D eigenvalue weighted by atomic mass is 16.3. The minimum absolute atomic E-state index is 0.0240. The molecule has 0 saturated carbocycles. The highest BCUT2D eigenvalue weighted by molar-refractivity contribution is 5.31.